The highest BCUT2D eigenvalue weighted by Crippen LogP contribution is 2.18. The third-order valence-corrected chi connectivity index (χ3v) is 14.2. The van der Waals surface area contributed by atoms with Crippen molar-refractivity contribution in [2.75, 3.05) is 13.2 Å². The van der Waals surface area contributed by atoms with Crippen molar-refractivity contribution >= 4 is 17.9 Å². The van der Waals surface area contributed by atoms with Crippen molar-refractivity contribution in [2.24, 2.45) is 0 Å². The molecule has 0 aliphatic heterocycles. The number of hydrogen-bond acceptors (Lipinski definition) is 6. The standard InChI is InChI=1S/C64H120O6/c1-4-7-10-13-16-19-22-25-28-31-34-36-39-42-45-48-51-54-57-63(66)69-60-61(70-64(67)58-55-52-49-46-43-40-37-33-30-27-24-21-18-15-12-9-6-3)59-68-62(65)56-53-50-47-44-41-38-35-32-29-26-23-20-17-14-11-8-5-2/h18,21,27,30,61H,4-17,19-20,22-26,28-29,31-60H2,1-3H3/b21-18+,30-27+/t61-/m1/s1. The summed E-state index contributed by atoms with van der Waals surface area (Å²) >= 11 is 0. The Bertz CT molecular complexity index is 1130. The molecule has 0 spiro atoms. The zero-order chi connectivity index (χ0) is 50.7. The van der Waals surface area contributed by atoms with E-state index in [2.05, 4.69) is 45.1 Å². The lowest BCUT2D eigenvalue weighted by atomic mass is 10.0. The van der Waals surface area contributed by atoms with Gasteiger partial charge in [0.15, 0.2) is 6.10 Å². The third kappa shape index (κ3) is 56.8. The Labute approximate surface area is 436 Å². The SMILES string of the molecule is CCCCC/C=C/C/C=C/CCCCCCCCCC(=O)O[C@H](COC(=O)CCCCCCCCCCCCCCCCCCC)COC(=O)CCCCCCCCCCCCCCCCCCCC. The van der Waals surface area contributed by atoms with Crippen LogP contribution in [-0.4, -0.2) is 37.2 Å². The summed E-state index contributed by atoms with van der Waals surface area (Å²) in [5.41, 5.74) is 0. The molecule has 70 heavy (non-hydrogen) atoms. The van der Waals surface area contributed by atoms with Crippen LogP contribution in [-0.2, 0) is 28.6 Å². The smallest absolute Gasteiger partial charge is 0.306 e. The summed E-state index contributed by atoms with van der Waals surface area (Å²) in [5.74, 6) is -0.849. The molecule has 0 aliphatic carbocycles. The van der Waals surface area contributed by atoms with Crippen molar-refractivity contribution in [1.29, 1.82) is 0 Å². The molecule has 0 saturated heterocycles. The quantitative estimate of drug-likeness (QED) is 0.0261. The largest absolute Gasteiger partial charge is 0.462 e. The van der Waals surface area contributed by atoms with E-state index in [0.29, 0.717) is 19.3 Å². The highest BCUT2D eigenvalue weighted by molar-refractivity contribution is 5.71. The maximum atomic E-state index is 12.9. The second kappa shape index (κ2) is 59.5. The van der Waals surface area contributed by atoms with E-state index in [-0.39, 0.29) is 31.1 Å². The van der Waals surface area contributed by atoms with Crippen molar-refractivity contribution in [3.8, 4) is 0 Å². The minimum atomic E-state index is -0.771. The molecule has 0 bridgehead atoms. The summed E-state index contributed by atoms with van der Waals surface area (Å²) in [4.78, 5) is 38.3. The topological polar surface area (TPSA) is 78.9 Å². The summed E-state index contributed by atoms with van der Waals surface area (Å²) < 4.78 is 16.9. The van der Waals surface area contributed by atoms with Gasteiger partial charge in [0.05, 0.1) is 0 Å². The summed E-state index contributed by atoms with van der Waals surface area (Å²) in [7, 11) is 0. The Hall–Kier alpha value is -2.11. The lowest BCUT2D eigenvalue weighted by Crippen LogP contribution is -2.30. The van der Waals surface area contributed by atoms with Crippen molar-refractivity contribution in [3.63, 3.8) is 0 Å². The van der Waals surface area contributed by atoms with E-state index in [0.717, 1.165) is 70.6 Å². The Kier molecular flexibility index (Phi) is 57.7. The fraction of sp³-hybridized carbons (Fsp3) is 0.891. The van der Waals surface area contributed by atoms with Gasteiger partial charge >= 0.3 is 17.9 Å². The summed E-state index contributed by atoms with van der Waals surface area (Å²) in [5, 5.41) is 0. The van der Waals surface area contributed by atoms with E-state index in [1.54, 1.807) is 0 Å². The van der Waals surface area contributed by atoms with Crippen LogP contribution in [0.25, 0.3) is 0 Å². The van der Waals surface area contributed by atoms with Crippen molar-refractivity contribution in [2.45, 2.75) is 354 Å². The van der Waals surface area contributed by atoms with E-state index in [9.17, 15) is 14.4 Å². The molecule has 0 rings (SSSR count). The molecule has 6 nitrogen and oxygen atoms in total. The van der Waals surface area contributed by atoms with Crippen LogP contribution in [0.2, 0.25) is 0 Å². The highest BCUT2D eigenvalue weighted by atomic mass is 16.6. The molecular weight excluding hydrogens is 865 g/mol. The van der Waals surface area contributed by atoms with E-state index in [1.807, 2.05) is 0 Å². The highest BCUT2D eigenvalue weighted by Gasteiger charge is 2.19. The van der Waals surface area contributed by atoms with Crippen LogP contribution in [0.5, 0.6) is 0 Å². The van der Waals surface area contributed by atoms with Crippen molar-refractivity contribution < 1.29 is 28.6 Å². The second-order valence-corrected chi connectivity index (χ2v) is 21.3. The van der Waals surface area contributed by atoms with Crippen molar-refractivity contribution in [3.05, 3.63) is 24.3 Å². The van der Waals surface area contributed by atoms with E-state index in [1.165, 1.54) is 238 Å². The summed E-state index contributed by atoms with van der Waals surface area (Å²) in [6.45, 7) is 6.68. The van der Waals surface area contributed by atoms with Crippen LogP contribution in [0.1, 0.15) is 348 Å². The van der Waals surface area contributed by atoms with Crippen LogP contribution in [0.3, 0.4) is 0 Å². The number of carbonyl (C=O) groups is 3. The number of rotatable bonds is 58. The fourth-order valence-corrected chi connectivity index (χ4v) is 9.48. The van der Waals surface area contributed by atoms with Gasteiger partial charge < -0.3 is 14.2 Å². The predicted octanol–water partition coefficient (Wildman–Crippen LogP) is 21.1. The van der Waals surface area contributed by atoms with Gasteiger partial charge in [-0.3, -0.25) is 14.4 Å². The van der Waals surface area contributed by atoms with Crippen LogP contribution >= 0.6 is 0 Å². The van der Waals surface area contributed by atoms with Gasteiger partial charge in [0.2, 0.25) is 0 Å². The Morgan fingerprint density at radius 3 is 0.814 bits per heavy atom. The van der Waals surface area contributed by atoms with E-state index >= 15 is 0 Å². The second-order valence-electron chi connectivity index (χ2n) is 21.3. The first-order valence-electron chi connectivity index (χ1n) is 31.3. The van der Waals surface area contributed by atoms with Gasteiger partial charge in [-0.1, -0.05) is 302 Å². The number of hydrogen-bond donors (Lipinski definition) is 0. The van der Waals surface area contributed by atoms with Crippen LogP contribution in [0, 0.1) is 0 Å². The van der Waals surface area contributed by atoms with Gasteiger partial charge in [0.25, 0.3) is 0 Å². The van der Waals surface area contributed by atoms with Gasteiger partial charge in [-0.25, -0.2) is 0 Å². The molecule has 0 saturated carbocycles. The molecule has 0 unspecified atom stereocenters. The molecule has 0 aliphatic rings. The van der Waals surface area contributed by atoms with Crippen LogP contribution < -0.4 is 0 Å². The molecule has 0 aromatic heterocycles. The summed E-state index contributed by atoms with van der Waals surface area (Å²) in [6.07, 6.45) is 70.3. The third-order valence-electron chi connectivity index (χ3n) is 14.2. The normalized spacial score (nSPS) is 12.1. The Morgan fingerprint density at radius 2 is 0.514 bits per heavy atom. The molecule has 6 heteroatoms. The maximum Gasteiger partial charge on any atom is 0.306 e. The first kappa shape index (κ1) is 67.9. The molecule has 0 aromatic rings. The first-order chi connectivity index (χ1) is 34.5. The maximum absolute atomic E-state index is 12.9. The van der Waals surface area contributed by atoms with Gasteiger partial charge in [0, 0.05) is 19.3 Å². The van der Waals surface area contributed by atoms with Gasteiger partial charge in [-0.2, -0.15) is 0 Å². The lowest BCUT2D eigenvalue weighted by Gasteiger charge is -2.18. The molecule has 0 fully saturated rings. The van der Waals surface area contributed by atoms with Gasteiger partial charge in [-0.15, -0.1) is 0 Å². The summed E-state index contributed by atoms with van der Waals surface area (Å²) in [6, 6.07) is 0. The molecule has 0 amide bonds. The zero-order valence-electron chi connectivity index (χ0n) is 47.3. The lowest BCUT2D eigenvalue weighted by molar-refractivity contribution is -0.167. The van der Waals surface area contributed by atoms with E-state index < -0.39 is 6.10 Å². The zero-order valence-corrected chi connectivity index (χ0v) is 47.3. The monoisotopic (exact) mass is 985 g/mol. The molecule has 1 atom stereocenters. The molecule has 0 aromatic carbocycles. The minimum Gasteiger partial charge on any atom is -0.462 e. The number of unbranched alkanes of at least 4 members (excludes halogenated alkanes) is 43. The van der Waals surface area contributed by atoms with Crippen LogP contribution in [0.15, 0.2) is 24.3 Å². The van der Waals surface area contributed by atoms with E-state index in [4.69, 9.17) is 14.2 Å². The average Bonchev–Trinajstić information content (AvgIpc) is 3.36. The predicted molar refractivity (Wildman–Crippen MR) is 303 cm³/mol. The number of esters is 3. The number of ether oxygens (including phenoxy) is 3. The van der Waals surface area contributed by atoms with Gasteiger partial charge in [-0.05, 0) is 51.4 Å². The average molecular weight is 986 g/mol. The first-order valence-corrected chi connectivity index (χ1v) is 31.3. The number of carbonyl (C=O) groups excluding carboxylic acids is 3. The Balaban J connectivity index is 4.32. The molecule has 0 N–H and O–H groups in total. The van der Waals surface area contributed by atoms with Crippen molar-refractivity contribution in [1.82, 2.24) is 0 Å². The molecule has 0 radical (unpaired) electrons. The molecule has 0 heterocycles. The number of allylic oxidation sites excluding steroid dienone is 4. The minimum absolute atomic E-state index is 0.0685. The fourth-order valence-electron chi connectivity index (χ4n) is 9.48. The van der Waals surface area contributed by atoms with Gasteiger partial charge in [0.1, 0.15) is 13.2 Å². The molecule has 412 valence electrons. The Morgan fingerprint density at radius 1 is 0.286 bits per heavy atom. The van der Waals surface area contributed by atoms with Crippen LogP contribution in [0.4, 0.5) is 0 Å². The molecular formula is C64H120O6.